The van der Waals surface area contributed by atoms with E-state index in [0.717, 1.165) is 0 Å². The molecule has 5 N–H and O–H groups in total. The van der Waals surface area contributed by atoms with Gasteiger partial charge in [0, 0.05) is 11.8 Å². The second-order valence-corrected chi connectivity index (χ2v) is 9.88. The number of rotatable bonds is 7. The van der Waals surface area contributed by atoms with E-state index in [1.54, 1.807) is 50.4 Å². The van der Waals surface area contributed by atoms with Crippen LogP contribution in [0.5, 0.6) is 5.75 Å². The quantitative estimate of drug-likeness (QED) is 0.138. The Morgan fingerprint density at radius 3 is 2.20 bits per heavy atom. The standard InChI is InChI=1S/C31H24N6O7/c1-16-19(14-32-26-24(16)29(40)36(34-26)21-10-12-22(13-11-21)44-15-38)4-3-5-23-17(2)25-27(33-28(23)39)35-37(30(25)41)20-8-6-18(7-9-20)31(42)43/h4-14,38H,15H2,1-2H3,(H,32,34)(H,42,43)(H2,33,35,39). The number of carboxylic acid groups (broad SMARTS) is 1. The van der Waals surface area contributed by atoms with E-state index >= 15 is 0 Å². The first kappa shape index (κ1) is 28.0. The van der Waals surface area contributed by atoms with Gasteiger partial charge in [0.2, 0.25) is 0 Å². The van der Waals surface area contributed by atoms with Crippen LogP contribution in [0.15, 0.2) is 74.8 Å². The zero-order valence-electron chi connectivity index (χ0n) is 23.3. The van der Waals surface area contributed by atoms with Gasteiger partial charge >= 0.3 is 5.97 Å². The molecule has 0 saturated heterocycles. The first-order valence-corrected chi connectivity index (χ1v) is 13.3. The fourth-order valence-electron chi connectivity index (χ4n) is 5.01. The number of carbonyl (C=O) groups is 1. The van der Waals surface area contributed by atoms with E-state index in [9.17, 15) is 19.2 Å². The van der Waals surface area contributed by atoms with Gasteiger partial charge in [-0.2, -0.15) is 0 Å². The van der Waals surface area contributed by atoms with E-state index in [1.165, 1.54) is 39.7 Å². The minimum Gasteiger partial charge on any atom is -0.478 e. The van der Waals surface area contributed by atoms with E-state index in [4.69, 9.17) is 14.9 Å². The normalized spacial score (nSPS) is 11.1. The summed E-state index contributed by atoms with van der Waals surface area (Å²) in [6, 6.07) is 12.4. The van der Waals surface area contributed by atoms with Gasteiger partial charge in [0.15, 0.2) is 12.4 Å². The van der Waals surface area contributed by atoms with Gasteiger partial charge in [-0.15, -0.1) is 5.73 Å². The van der Waals surface area contributed by atoms with E-state index in [1.807, 2.05) is 0 Å². The Bertz CT molecular complexity index is 2330. The molecule has 6 rings (SSSR count). The lowest BCUT2D eigenvalue weighted by molar-refractivity contribution is 0.0696. The fourth-order valence-corrected chi connectivity index (χ4v) is 5.01. The molecule has 13 nitrogen and oxygen atoms in total. The number of hydrogen-bond donors (Lipinski definition) is 5. The summed E-state index contributed by atoms with van der Waals surface area (Å²) < 4.78 is 7.63. The van der Waals surface area contributed by atoms with Crippen molar-refractivity contribution in [1.29, 1.82) is 0 Å². The van der Waals surface area contributed by atoms with E-state index in [2.05, 4.69) is 25.9 Å². The zero-order valence-corrected chi connectivity index (χ0v) is 23.3. The molecule has 0 fully saturated rings. The molecule has 2 aromatic carbocycles. The van der Waals surface area contributed by atoms with Crippen molar-refractivity contribution in [2.75, 3.05) is 6.79 Å². The highest BCUT2D eigenvalue weighted by atomic mass is 16.6. The van der Waals surface area contributed by atoms with Crippen LogP contribution in [0.25, 0.3) is 45.6 Å². The molecule has 0 spiro atoms. The third-order valence-corrected chi connectivity index (χ3v) is 7.33. The van der Waals surface area contributed by atoms with Crippen LogP contribution < -0.4 is 21.4 Å². The summed E-state index contributed by atoms with van der Waals surface area (Å²) in [4.78, 5) is 57.7. The number of aliphatic hydroxyl groups excluding tert-OH is 1. The summed E-state index contributed by atoms with van der Waals surface area (Å²) in [7, 11) is 0. The number of nitrogens with zero attached hydrogens (tertiary/aromatic N) is 3. The smallest absolute Gasteiger partial charge is 0.335 e. The third kappa shape index (κ3) is 4.73. The molecule has 0 saturated carbocycles. The summed E-state index contributed by atoms with van der Waals surface area (Å²) in [6.45, 7) is 2.98. The van der Waals surface area contributed by atoms with Crippen molar-refractivity contribution in [2.24, 2.45) is 0 Å². The number of pyridine rings is 2. The Morgan fingerprint density at radius 1 is 0.909 bits per heavy atom. The molecule has 4 aromatic heterocycles. The molecule has 0 aliphatic carbocycles. The Kier molecular flexibility index (Phi) is 6.94. The first-order valence-electron chi connectivity index (χ1n) is 13.3. The number of fused-ring (bicyclic) bond motifs is 2. The molecular formula is C31H24N6O7. The molecule has 0 unspecified atom stereocenters. The van der Waals surface area contributed by atoms with E-state index < -0.39 is 23.9 Å². The largest absolute Gasteiger partial charge is 0.478 e. The van der Waals surface area contributed by atoms with Crippen LogP contribution in [0.4, 0.5) is 0 Å². The highest BCUT2D eigenvalue weighted by Gasteiger charge is 2.17. The van der Waals surface area contributed by atoms with Gasteiger partial charge < -0.3 is 19.9 Å². The summed E-state index contributed by atoms with van der Waals surface area (Å²) in [5.74, 6) is -0.630. The fraction of sp³-hybridized carbons (Fsp3) is 0.0968. The molecule has 13 heteroatoms. The lowest BCUT2D eigenvalue weighted by Crippen LogP contribution is -2.16. The second kappa shape index (κ2) is 10.9. The Balaban J connectivity index is 1.36. The average Bonchev–Trinajstić information content (AvgIpc) is 3.53. The molecule has 0 radical (unpaired) electrons. The zero-order chi connectivity index (χ0) is 31.1. The predicted molar refractivity (Wildman–Crippen MR) is 163 cm³/mol. The van der Waals surface area contributed by atoms with Crippen LogP contribution in [0.2, 0.25) is 0 Å². The van der Waals surface area contributed by atoms with Crippen LogP contribution in [0.3, 0.4) is 0 Å². The van der Waals surface area contributed by atoms with E-state index in [-0.39, 0.29) is 27.7 Å². The predicted octanol–water partition coefficient (Wildman–Crippen LogP) is 3.00. The number of aromatic carboxylic acids is 1. The maximum Gasteiger partial charge on any atom is 0.335 e. The number of H-pyrrole nitrogens is 3. The summed E-state index contributed by atoms with van der Waals surface area (Å²) in [5.41, 5.74) is 5.39. The number of ether oxygens (including phenoxy) is 1. The van der Waals surface area contributed by atoms with Gasteiger partial charge in [-0.05, 0) is 85.7 Å². The molecule has 0 bridgehead atoms. The Labute approximate surface area is 246 Å². The molecule has 4 heterocycles. The minimum absolute atomic E-state index is 0.0774. The van der Waals surface area contributed by atoms with Crippen LogP contribution in [0, 0.1) is 13.8 Å². The number of nitrogens with one attached hydrogen (secondary N) is 3. The molecule has 0 aliphatic rings. The summed E-state index contributed by atoms with van der Waals surface area (Å²) >= 11 is 0. The molecule has 44 heavy (non-hydrogen) atoms. The molecule has 0 aliphatic heterocycles. The highest BCUT2D eigenvalue weighted by molar-refractivity contribution is 5.88. The maximum atomic E-state index is 13.3. The van der Waals surface area contributed by atoms with Crippen LogP contribution in [0.1, 0.15) is 32.6 Å². The molecular weight excluding hydrogens is 568 g/mol. The number of aryl methyl sites for hydroxylation is 2. The second-order valence-electron chi connectivity index (χ2n) is 9.88. The van der Waals surface area contributed by atoms with Crippen LogP contribution in [-0.2, 0) is 0 Å². The maximum absolute atomic E-state index is 13.3. The van der Waals surface area contributed by atoms with Gasteiger partial charge in [-0.25, -0.2) is 19.1 Å². The third-order valence-electron chi connectivity index (χ3n) is 7.33. The van der Waals surface area contributed by atoms with Crippen molar-refractivity contribution < 1.29 is 19.7 Å². The van der Waals surface area contributed by atoms with E-state index in [0.29, 0.717) is 44.8 Å². The van der Waals surface area contributed by atoms with Gasteiger partial charge in [0.25, 0.3) is 16.7 Å². The molecule has 220 valence electrons. The van der Waals surface area contributed by atoms with Crippen molar-refractivity contribution in [3.05, 3.63) is 119 Å². The number of carboxylic acids is 1. The summed E-state index contributed by atoms with van der Waals surface area (Å²) in [6.07, 6.45) is 4.64. The van der Waals surface area contributed by atoms with Gasteiger partial charge in [-0.1, -0.05) is 0 Å². The van der Waals surface area contributed by atoms with Gasteiger partial charge in [0.05, 0.1) is 33.3 Å². The average molecular weight is 593 g/mol. The molecule has 0 atom stereocenters. The van der Waals surface area contributed by atoms with Crippen molar-refractivity contribution >= 4 is 40.2 Å². The lowest BCUT2D eigenvalue weighted by Gasteiger charge is -2.04. The van der Waals surface area contributed by atoms with Crippen molar-refractivity contribution in [3.63, 3.8) is 0 Å². The van der Waals surface area contributed by atoms with Crippen molar-refractivity contribution in [3.8, 4) is 17.1 Å². The Morgan fingerprint density at radius 2 is 1.55 bits per heavy atom. The number of aliphatic hydroxyl groups is 1. The van der Waals surface area contributed by atoms with Crippen LogP contribution >= 0.6 is 0 Å². The molecule has 6 aromatic rings. The topological polar surface area (TPSA) is 188 Å². The number of aromatic amines is 3. The van der Waals surface area contributed by atoms with Crippen LogP contribution in [-0.4, -0.2) is 52.5 Å². The van der Waals surface area contributed by atoms with Gasteiger partial charge in [0.1, 0.15) is 11.4 Å². The SMILES string of the molecule is Cc1c(C=C=Cc2c(C)c3c(=O)n(-c4ccc(C(=O)O)cc4)[nH]c3[nH]c2=O)cnc2[nH]n(-c3ccc(OCO)cc3)c(=O)c12. The number of aromatic nitrogens is 6. The van der Waals surface area contributed by atoms with Crippen molar-refractivity contribution in [1.82, 2.24) is 29.5 Å². The lowest BCUT2D eigenvalue weighted by atomic mass is 10.1. The number of hydrogen-bond acceptors (Lipinski definition) is 7. The minimum atomic E-state index is -1.08. The number of benzene rings is 2. The first-order chi connectivity index (χ1) is 21.2. The van der Waals surface area contributed by atoms with Crippen molar-refractivity contribution in [2.45, 2.75) is 13.8 Å². The monoisotopic (exact) mass is 592 g/mol. The van der Waals surface area contributed by atoms with Gasteiger partial charge in [-0.3, -0.25) is 24.6 Å². The summed E-state index contributed by atoms with van der Waals surface area (Å²) in [5, 5.41) is 24.6. The Hall–Kier alpha value is -6.17. The highest BCUT2D eigenvalue weighted by Crippen LogP contribution is 2.20. The molecule has 0 amide bonds.